The van der Waals surface area contributed by atoms with Gasteiger partial charge in [0.2, 0.25) is 0 Å². The third-order valence-electron chi connectivity index (χ3n) is 3.18. The van der Waals surface area contributed by atoms with Crippen molar-refractivity contribution in [1.82, 2.24) is 5.32 Å². The fraction of sp³-hybridized carbons (Fsp3) is 0.385. The Balaban J connectivity index is 2.50. The number of amides is 3. The molecular weight excluding hydrogens is 346 g/mol. The van der Waals surface area contributed by atoms with Crippen molar-refractivity contribution in [3.8, 4) is 0 Å². The van der Waals surface area contributed by atoms with Crippen LogP contribution in [0, 0.1) is 0 Å². The molecule has 0 radical (unpaired) electrons. The van der Waals surface area contributed by atoms with E-state index in [4.69, 9.17) is 0 Å². The van der Waals surface area contributed by atoms with Crippen LogP contribution in [0.1, 0.15) is 12.5 Å². The summed E-state index contributed by atoms with van der Waals surface area (Å²) in [6.45, 7) is 0.599. The van der Waals surface area contributed by atoms with Crippen molar-refractivity contribution >= 4 is 17.6 Å². The maximum atomic E-state index is 13.2. The van der Waals surface area contributed by atoms with E-state index in [0.717, 1.165) is 12.1 Å². The number of imide groups is 1. The lowest BCUT2D eigenvalue weighted by Crippen LogP contribution is -2.60. The Kier molecular flexibility index (Phi) is 4.25. The normalized spacial score (nSPS) is 22.0. The molecule has 0 aromatic heterocycles. The maximum Gasteiger partial charge on any atom is 0.446 e. The minimum absolute atomic E-state index is 0.0294. The molecule has 1 heterocycles. The van der Waals surface area contributed by atoms with Crippen molar-refractivity contribution in [3.05, 3.63) is 29.8 Å². The molecule has 1 aliphatic rings. The molecule has 1 N–H and O–H groups in total. The number of carbonyl (C=O) groups excluding carboxylic acids is 2. The van der Waals surface area contributed by atoms with Crippen LogP contribution in [0.15, 0.2) is 24.3 Å². The van der Waals surface area contributed by atoms with E-state index < -0.39 is 47.9 Å². The third-order valence-corrected chi connectivity index (χ3v) is 3.18. The van der Waals surface area contributed by atoms with Gasteiger partial charge in [0, 0.05) is 6.61 Å². The molecule has 2 rings (SSSR count). The van der Waals surface area contributed by atoms with Crippen LogP contribution in [-0.4, -0.2) is 30.4 Å². The number of alkyl halides is 6. The number of nitrogens with one attached hydrogen (secondary N) is 1. The molecule has 0 unspecified atom stereocenters. The van der Waals surface area contributed by atoms with Crippen LogP contribution in [-0.2, 0) is 15.7 Å². The Morgan fingerprint density at radius 2 is 1.79 bits per heavy atom. The van der Waals surface area contributed by atoms with E-state index >= 15 is 0 Å². The fourth-order valence-corrected chi connectivity index (χ4v) is 2.15. The van der Waals surface area contributed by atoms with Crippen LogP contribution >= 0.6 is 0 Å². The molecule has 11 heteroatoms. The van der Waals surface area contributed by atoms with Gasteiger partial charge in [-0.1, -0.05) is 6.07 Å². The SMILES string of the molecule is CCO[C@]1(C(F)(F)F)NC(=O)N(c2cccc(C(F)(F)F)c2)C1=O. The summed E-state index contributed by atoms with van der Waals surface area (Å²) >= 11 is 0. The number of halogens is 6. The Labute approximate surface area is 131 Å². The van der Waals surface area contributed by atoms with Crippen LogP contribution < -0.4 is 10.2 Å². The summed E-state index contributed by atoms with van der Waals surface area (Å²) in [4.78, 5) is 23.9. The molecule has 5 nitrogen and oxygen atoms in total. The molecule has 1 aromatic rings. The van der Waals surface area contributed by atoms with Gasteiger partial charge in [-0.2, -0.15) is 26.3 Å². The highest BCUT2D eigenvalue weighted by Crippen LogP contribution is 2.39. The first-order chi connectivity index (χ1) is 10.9. The summed E-state index contributed by atoms with van der Waals surface area (Å²) in [6.07, 6.45) is -10.1. The van der Waals surface area contributed by atoms with Gasteiger partial charge in [-0.25, -0.2) is 9.69 Å². The first kappa shape index (κ1) is 18.0. The van der Waals surface area contributed by atoms with E-state index in [1.807, 2.05) is 0 Å². The topological polar surface area (TPSA) is 58.6 Å². The minimum Gasteiger partial charge on any atom is -0.340 e. The zero-order chi connectivity index (χ0) is 18.3. The summed E-state index contributed by atoms with van der Waals surface area (Å²) in [7, 11) is 0. The van der Waals surface area contributed by atoms with Crippen molar-refractivity contribution in [2.45, 2.75) is 25.0 Å². The lowest BCUT2D eigenvalue weighted by atomic mass is 10.1. The van der Waals surface area contributed by atoms with E-state index in [1.54, 1.807) is 0 Å². The molecule has 0 bridgehead atoms. The standard InChI is InChI=1S/C13H10F6N2O3/c1-2-24-11(13(17,18)19)9(22)21(10(23)20-11)8-5-3-4-7(6-8)12(14,15)16/h3-6H,2H2,1H3,(H,20,23)/t11-/m1/s1. The number of rotatable bonds is 3. The predicted octanol–water partition coefficient (Wildman–Crippen LogP) is 3.06. The summed E-state index contributed by atoms with van der Waals surface area (Å²) in [6, 6.07) is 1.29. The van der Waals surface area contributed by atoms with E-state index in [1.165, 1.54) is 12.2 Å². The van der Waals surface area contributed by atoms with E-state index in [-0.39, 0.29) is 4.90 Å². The van der Waals surface area contributed by atoms with Gasteiger partial charge in [0.05, 0.1) is 11.3 Å². The summed E-state index contributed by atoms with van der Waals surface area (Å²) in [5, 5.41) is 1.37. The van der Waals surface area contributed by atoms with Crippen molar-refractivity contribution in [2.24, 2.45) is 0 Å². The molecule has 1 fully saturated rings. The molecule has 1 saturated heterocycles. The summed E-state index contributed by atoms with van der Waals surface area (Å²) in [5.74, 6) is -1.86. The van der Waals surface area contributed by atoms with Gasteiger partial charge in [0.1, 0.15) is 0 Å². The molecule has 132 valence electrons. The number of anilines is 1. The largest absolute Gasteiger partial charge is 0.446 e. The first-order valence-corrected chi connectivity index (χ1v) is 6.48. The first-order valence-electron chi connectivity index (χ1n) is 6.48. The molecule has 1 atom stereocenters. The Morgan fingerprint density at radius 1 is 1.17 bits per heavy atom. The van der Waals surface area contributed by atoms with Gasteiger partial charge >= 0.3 is 24.1 Å². The lowest BCUT2D eigenvalue weighted by molar-refractivity contribution is -0.267. The highest BCUT2D eigenvalue weighted by Gasteiger charge is 2.69. The van der Waals surface area contributed by atoms with Crippen LogP contribution in [0.3, 0.4) is 0 Å². The lowest BCUT2D eigenvalue weighted by Gasteiger charge is -2.28. The highest BCUT2D eigenvalue weighted by atomic mass is 19.4. The molecule has 0 aliphatic carbocycles. The van der Waals surface area contributed by atoms with Gasteiger partial charge in [0.25, 0.3) is 5.91 Å². The van der Waals surface area contributed by atoms with E-state index in [0.29, 0.717) is 12.1 Å². The Morgan fingerprint density at radius 3 is 2.29 bits per heavy atom. The van der Waals surface area contributed by atoms with Gasteiger partial charge in [0.15, 0.2) is 0 Å². The van der Waals surface area contributed by atoms with Gasteiger partial charge in [-0.15, -0.1) is 0 Å². The molecular formula is C13H10F6N2O3. The molecule has 24 heavy (non-hydrogen) atoms. The molecule has 1 aromatic carbocycles. The number of hydrogen-bond acceptors (Lipinski definition) is 3. The Bertz CT molecular complexity index is 672. The number of ether oxygens (including phenoxy) is 1. The van der Waals surface area contributed by atoms with Gasteiger partial charge in [-0.05, 0) is 25.1 Å². The number of nitrogens with zero attached hydrogens (tertiary/aromatic N) is 1. The molecule has 0 saturated carbocycles. The third kappa shape index (κ3) is 2.79. The molecule has 0 spiro atoms. The molecule has 3 amide bonds. The van der Waals surface area contributed by atoms with Crippen molar-refractivity contribution in [1.29, 1.82) is 0 Å². The second-order valence-electron chi connectivity index (χ2n) is 4.73. The monoisotopic (exact) mass is 356 g/mol. The second-order valence-corrected chi connectivity index (χ2v) is 4.73. The maximum absolute atomic E-state index is 13.2. The zero-order valence-electron chi connectivity index (χ0n) is 12.0. The quantitative estimate of drug-likeness (QED) is 0.669. The van der Waals surface area contributed by atoms with Crippen LogP contribution in [0.5, 0.6) is 0 Å². The smallest absolute Gasteiger partial charge is 0.340 e. The number of hydrogen-bond donors (Lipinski definition) is 1. The van der Waals surface area contributed by atoms with Gasteiger partial charge < -0.3 is 4.74 Å². The van der Waals surface area contributed by atoms with Crippen LogP contribution in [0.25, 0.3) is 0 Å². The summed E-state index contributed by atoms with van der Waals surface area (Å²) in [5.41, 5.74) is -5.51. The number of urea groups is 1. The van der Waals surface area contributed by atoms with Crippen molar-refractivity contribution in [2.75, 3.05) is 11.5 Å². The average molecular weight is 356 g/mol. The predicted molar refractivity (Wildman–Crippen MR) is 67.9 cm³/mol. The number of benzene rings is 1. The fourth-order valence-electron chi connectivity index (χ4n) is 2.15. The van der Waals surface area contributed by atoms with Crippen molar-refractivity contribution < 1.29 is 40.7 Å². The number of carbonyl (C=O) groups is 2. The van der Waals surface area contributed by atoms with Crippen molar-refractivity contribution in [3.63, 3.8) is 0 Å². The van der Waals surface area contributed by atoms with Crippen LogP contribution in [0.2, 0.25) is 0 Å². The molecule has 1 aliphatic heterocycles. The minimum atomic E-state index is -5.30. The zero-order valence-corrected chi connectivity index (χ0v) is 12.0. The second kappa shape index (κ2) is 5.65. The summed E-state index contributed by atoms with van der Waals surface area (Å²) < 4.78 is 82.2. The van der Waals surface area contributed by atoms with E-state index in [2.05, 4.69) is 4.74 Å². The van der Waals surface area contributed by atoms with Gasteiger partial charge in [-0.3, -0.25) is 10.1 Å². The average Bonchev–Trinajstić information content (AvgIpc) is 2.70. The highest BCUT2D eigenvalue weighted by molar-refractivity contribution is 6.23. The van der Waals surface area contributed by atoms with E-state index in [9.17, 15) is 35.9 Å². The van der Waals surface area contributed by atoms with Crippen LogP contribution in [0.4, 0.5) is 36.8 Å². The Hall–Kier alpha value is -2.30.